The number of anilines is 1. The Morgan fingerprint density at radius 1 is 1.17 bits per heavy atom. The van der Waals surface area contributed by atoms with Gasteiger partial charge in [0.25, 0.3) is 0 Å². The lowest BCUT2D eigenvalue weighted by Crippen LogP contribution is -2.35. The molecule has 0 aromatic heterocycles. The van der Waals surface area contributed by atoms with Gasteiger partial charge in [0.05, 0.1) is 0 Å². The number of hydrogen-bond donors (Lipinski definition) is 2. The smallest absolute Gasteiger partial charge is 0.313 e. The van der Waals surface area contributed by atoms with Gasteiger partial charge in [0.15, 0.2) is 0 Å². The zero-order chi connectivity index (χ0) is 13.5. The Morgan fingerprint density at radius 2 is 1.83 bits per heavy atom. The van der Waals surface area contributed by atoms with Crippen molar-refractivity contribution in [3.63, 3.8) is 0 Å². The number of carbonyl (C=O) groups is 2. The number of nitrogens with one attached hydrogen (secondary N) is 2. The third-order valence-corrected chi connectivity index (χ3v) is 2.90. The molecule has 0 aliphatic heterocycles. The monoisotopic (exact) mass is 248 g/mol. The summed E-state index contributed by atoms with van der Waals surface area (Å²) in [4.78, 5) is 23.0. The minimum atomic E-state index is -0.618. The van der Waals surface area contributed by atoms with Gasteiger partial charge in [-0.2, -0.15) is 0 Å². The average molecular weight is 248 g/mol. The molecule has 1 atom stereocenters. The van der Waals surface area contributed by atoms with Gasteiger partial charge in [-0.3, -0.25) is 9.59 Å². The molecule has 0 bridgehead atoms. The lowest BCUT2D eigenvalue weighted by atomic mass is 9.97. The molecular formula is C14H20N2O2. The molecule has 1 aromatic carbocycles. The normalized spacial score (nSPS) is 11.7. The molecule has 1 unspecified atom stereocenters. The Labute approximate surface area is 108 Å². The average Bonchev–Trinajstić information content (AvgIpc) is 2.38. The van der Waals surface area contributed by atoms with Gasteiger partial charge in [-0.1, -0.05) is 32.0 Å². The Balaban J connectivity index is 2.84. The maximum absolute atomic E-state index is 11.6. The molecule has 1 aromatic rings. The summed E-state index contributed by atoms with van der Waals surface area (Å²) in [7, 11) is 0. The van der Waals surface area contributed by atoms with E-state index in [2.05, 4.69) is 24.5 Å². The summed E-state index contributed by atoms with van der Waals surface area (Å²) in [5.41, 5.74) is 1.76. The van der Waals surface area contributed by atoms with Crippen molar-refractivity contribution in [1.29, 1.82) is 0 Å². The molecule has 0 heterocycles. The quantitative estimate of drug-likeness (QED) is 0.803. The first kappa shape index (κ1) is 14.2. The molecule has 0 aliphatic carbocycles. The molecule has 0 radical (unpaired) electrons. The number of likely N-dealkylation sites (N-methyl/N-ethyl adjacent to an activating group) is 1. The largest absolute Gasteiger partial charge is 0.348 e. The van der Waals surface area contributed by atoms with E-state index >= 15 is 0 Å². The molecule has 1 rings (SSSR count). The minimum absolute atomic E-state index is 0.343. The van der Waals surface area contributed by atoms with Gasteiger partial charge in [-0.05, 0) is 30.9 Å². The van der Waals surface area contributed by atoms with Gasteiger partial charge in [-0.15, -0.1) is 0 Å². The highest BCUT2D eigenvalue weighted by atomic mass is 16.2. The van der Waals surface area contributed by atoms with Crippen LogP contribution in [0.2, 0.25) is 0 Å². The van der Waals surface area contributed by atoms with Crippen LogP contribution in [0.3, 0.4) is 0 Å². The van der Waals surface area contributed by atoms with Crippen LogP contribution in [-0.4, -0.2) is 18.4 Å². The van der Waals surface area contributed by atoms with Crippen molar-refractivity contribution in [2.45, 2.75) is 33.1 Å². The Hall–Kier alpha value is -1.84. The van der Waals surface area contributed by atoms with Crippen molar-refractivity contribution in [2.75, 3.05) is 11.9 Å². The van der Waals surface area contributed by atoms with E-state index in [4.69, 9.17) is 0 Å². The predicted octanol–water partition coefficient (Wildman–Crippen LogP) is 2.27. The van der Waals surface area contributed by atoms with E-state index in [9.17, 15) is 9.59 Å². The number of para-hydroxylation sites is 1. The molecule has 2 amide bonds. The zero-order valence-electron chi connectivity index (χ0n) is 11.1. The van der Waals surface area contributed by atoms with Gasteiger partial charge in [-0.25, -0.2) is 0 Å². The molecular weight excluding hydrogens is 228 g/mol. The lowest BCUT2D eigenvalue weighted by molar-refractivity contribution is -0.136. The predicted molar refractivity (Wildman–Crippen MR) is 72.5 cm³/mol. The van der Waals surface area contributed by atoms with Gasteiger partial charge in [0, 0.05) is 12.2 Å². The molecule has 2 N–H and O–H groups in total. The third-order valence-electron chi connectivity index (χ3n) is 2.90. The highest BCUT2D eigenvalue weighted by molar-refractivity contribution is 6.39. The molecule has 4 heteroatoms. The number of rotatable bonds is 4. The van der Waals surface area contributed by atoms with Gasteiger partial charge in [0.1, 0.15) is 0 Å². The summed E-state index contributed by atoms with van der Waals surface area (Å²) >= 11 is 0. The van der Waals surface area contributed by atoms with Crippen LogP contribution in [0.25, 0.3) is 0 Å². The summed E-state index contributed by atoms with van der Waals surface area (Å²) in [6, 6.07) is 7.57. The SMILES string of the molecule is CCNC(=O)C(=O)Nc1ccccc1C(C)CC. The Kier molecular flexibility index (Phi) is 5.36. The Bertz CT molecular complexity index is 430. The second-order valence-corrected chi connectivity index (χ2v) is 4.21. The van der Waals surface area contributed by atoms with Gasteiger partial charge >= 0.3 is 11.8 Å². The van der Waals surface area contributed by atoms with Crippen LogP contribution < -0.4 is 10.6 Å². The van der Waals surface area contributed by atoms with E-state index in [0.29, 0.717) is 18.2 Å². The lowest BCUT2D eigenvalue weighted by Gasteiger charge is -2.15. The van der Waals surface area contributed by atoms with Crippen molar-refractivity contribution in [3.05, 3.63) is 29.8 Å². The van der Waals surface area contributed by atoms with Gasteiger partial charge < -0.3 is 10.6 Å². The molecule has 4 nitrogen and oxygen atoms in total. The summed E-state index contributed by atoms with van der Waals surface area (Å²) < 4.78 is 0. The van der Waals surface area contributed by atoms with Crippen LogP contribution in [-0.2, 0) is 9.59 Å². The molecule has 0 aliphatic rings. The van der Waals surface area contributed by atoms with Crippen molar-refractivity contribution in [3.8, 4) is 0 Å². The number of carbonyl (C=O) groups excluding carboxylic acids is 2. The van der Waals surface area contributed by atoms with Crippen LogP contribution in [0.15, 0.2) is 24.3 Å². The van der Waals surface area contributed by atoms with E-state index in [1.807, 2.05) is 24.3 Å². The molecule has 98 valence electrons. The van der Waals surface area contributed by atoms with Crippen LogP contribution in [0, 0.1) is 0 Å². The second-order valence-electron chi connectivity index (χ2n) is 4.21. The highest BCUT2D eigenvalue weighted by Crippen LogP contribution is 2.26. The van der Waals surface area contributed by atoms with Crippen molar-refractivity contribution in [2.24, 2.45) is 0 Å². The number of benzene rings is 1. The molecule has 0 spiro atoms. The van der Waals surface area contributed by atoms with Crippen molar-refractivity contribution in [1.82, 2.24) is 5.32 Å². The summed E-state index contributed by atoms with van der Waals surface area (Å²) in [5.74, 6) is -0.875. The van der Waals surface area contributed by atoms with E-state index in [0.717, 1.165) is 12.0 Å². The zero-order valence-corrected chi connectivity index (χ0v) is 11.1. The summed E-state index contributed by atoms with van der Waals surface area (Å²) in [6.45, 7) is 6.40. The molecule has 0 fully saturated rings. The van der Waals surface area contributed by atoms with Crippen molar-refractivity contribution >= 4 is 17.5 Å². The first-order chi connectivity index (χ1) is 8.60. The van der Waals surface area contributed by atoms with Crippen LogP contribution in [0.5, 0.6) is 0 Å². The van der Waals surface area contributed by atoms with Crippen molar-refractivity contribution < 1.29 is 9.59 Å². The van der Waals surface area contributed by atoms with E-state index in [-0.39, 0.29) is 0 Å². The fraction of sp³-hybridized carbons (Fsp3) is 0.429. The fourth-order valence-electron chi connectivity index (χ4n) is 1.68. The van der Waals surface area contributed by atoms with Crippen LogP contribution in [0.1, 0.15) is 38.7 Å². The number of hydrogen-bond acceptors (Lipinski definition) is 2. The van der Waals surface area contributed by atoms with E-state index in [1.165, 1.54) is 0 Å². The van der Waals surface area contributed by atoms with E-state index < -0.39 is 11.8 Å². The fourth-order valence-corrected chi connectivity index (χ4v) is 1.68. The molecule has 0 saturated carbocycles. The first-order valence-corrected chi connectivity index (χ1v) is 6.28. The standard InChI is InChI=1S/C14H20N2O2/c1-4-10(3)11-8-6-7-9-12(11)16-14(18)13(17)15-5-2/h6-10H,4-5H2,1-3H3,(H,15,17)(H,16,18). The minimum Gasteiger partial charge on any atom is -0.348 e. The first-order valence-electron chi connectivity index (χ1n) is 6.28. The summed E-state index contributed by atoms with van der Waals surface area (Å²) in [6.07, 6.45) is 0.980. The highest BCUT2D eigenvalue weighted by Gasteiger charge is 2.15. The molecule has 18 heavy (non-hydrogen) atoms. The maximum Gasteiger partial charge on any atom is 0.313 e. The second kappa shape index (κ2) is 6.79. The molecule has 0 saturated heterocycles. The van der Waals surface area contributed by atoms with Crippen LogP contribution >= 0.6 is 0 Å². The summed E-state index contributed by atoms with van der Waals surface area (Å²) in [5, 5.41) is 5.14. The maximum atomic E-state index is 11.6. The number of amides is 2. The van der Waals surface area contributed by atoms with Crippen LogP contribution in [0.4, 0.5) is 5.69 Å². The van der Waals surface area contributed by atoms with Gasteiger partial charge in [0.2, 0.25) is 0 Å². The van der Waals surface area contributed by atoms with E-state index in [1.54, 1.807) is 6.92 Å². The third kappa shape index (κ3) is 3.58. The Morgan fingerprint density at radius 3 is 2.44 bits per heavy atom. The topological polar surface area (TPSA) is 58.2 Å².